The molecule has 2 heterocycles. The van der Waals surface area contributed by atoms with E-state index in [9.17, 15) is 14.7 Å². The lowest BCUT2D eigenvalue weighted by Gasteiger charge is -2.26. The number of carbonyl (C=O) groups is 2. The SMILES string of the molecule is CC(C)(CCC(C(=O)Nc1cc2ccncc2s1)c1ccc(O)cc1)OC(N)=O. The zero-order valence-electron chi connectivity index (χ0n) is 16.2. The van der Waals surface area contributed by atoms with Gasteiger partial charge in [-0.15, -0.1) is 11.3 Å². The number of nitrogens with one attached hydrogen (secondary N) is 1. The topological polar surface area (TPSA) is 115 Å². The van der Waals surface area contributed by atoms with Crippen LogP contribution in [-0.4, -0.2) is 27.7 Å². The van der Waals surface area contributed by atoms with E-state index in [0.717, 1.165) is 20.7 Å². The average molecular weight is 413 g/mol. The highest BCUT2D eigenvalue weighted by Crippen LogP contribution is 2.32. The van der Waals surface area contributed by atoms with E-state index in [1.807, 2.05) is 12.1 Å². The van der Waals surface area contributed by atoms with Gasteiger partial charge in [-0.05, 0) is 61.9 Å². The predicted octanol–water partition coefficient (Wildman–Crippen LogP) is 4.38. The van der Waals surface area contributed by atoms with Gasteiger partial charge in [-0.25, -0.2) is 4.79 Å². The van der Waals surface area contributed by atoms with Crippen LogP contribution in [0.15, 0.2) is 48.8 Å². The number of rotatable bonds is 7. The Morgan fingerprint density at radius 2 is 2.00 bits per heavy atom. The molecule has 1 aromatic carbocycles. The number of aromatic nitrogens is 1. The van der Waals surface area contributed by atoms with Crippen molar-refractivity contribution in [2.45, 2.75) is 38.2 Å². The predicted molar refractivity (Wildman–Crippen MR) is 113 cm³/mol. The highest BCUT2D eigenvalue weighted by atomic mass is 32.1. The van der Waals surface area contributed by atoms with Crippen LogP contribution in [0.5, 0.6) is 5.75 Å². The summed E-state index contributed by atoms with van der Waals surface area (Å²) in [6.45, 7) is 3.51. The number of fused-ring (bicyclic) bond motifs is 1. The molecule has 7 nitrogen and oxygen atoms in total. The van der Waals surface area contributed by atoms with Gasteiger partial charge in [-0.3, -0.25) is 9.78 Å². The van der Waals surface area contributed by atoms with E-state index in [1.54, 1.807) is 50.5 Å². The molecule has 0 saturated carbocycles. The number of amides is 2. The van der Waals surface area contributed by atoms with Gasteiger partial charge in [0.05, 0.1) is 15.6 Å². The van der Waals surface area contributed by atoms with Gasteiger partial charge in [0.1, 0.15) is 11.4 Å². The number of thiophene rings is 1. The number of hydrogen-bond donors (Lipinski definition) is 3. The Bertz CT molecular complexity index is 981. The van der Waals surface area contributed by atoms with Crippen molar-refractivity contribution in [2.24, 2.45) is 5.73 Å². The van der Waals surface area contributed by atoms with E-state index in [1.165, 1.54) is 11.3 Å². The summed E-state index contributed by atoms with van der Waals surface area (Å²) in [5, 5.41) is 14.3. The van der Waals surface area contributed by atoms with Crippen molar-refractivity contribution >= 4 is 38.4 Å². The van der Waals surface area contributed by atoms with Crippen LogP contribution in [-0.2, 0) is 9.53 Å². The molecule has 0 spiro atoms. The molecule has 0 aliphatic rings. The van der Waals surface area contributed by atoms with Gasteiger partial charge >= 0.3 is 6.09 Å². The molecule has 0 aliphatic carbocycles. The van der Waals surface area contributed by atoms with Gasteiger partial charge in [0, 0.05) is 12.4 Å². The maximum Gasteiger partial charge on any atom is 0.405 e. The molecule has 1 unspecified atom stereocenters. The monoisotopic (exact) mass is 413 g/mol. The zero-order chi connectivity index (χ0) is 21.0. The molecule has 4 N–H and O–H groups in total. The van der Waals surface area contributed by atoms with Gasteiger partial charge in [0.2, 0.25) is 5.91 Å². The lowest BCUT2D eigenvalue weighted by molar-refractivity contribution is -0.117. The van der Waals surface area contributed by atoms with E-state index in [4.69, 9.17) is 10.5 Å². The maximum atomic E-state index is 13.1. The van der Waals surface area contributed by atoms with Crippen molar-refractivity contribution in [3.8, 4) is 5.75 Å². The first-order valence-electron chi connectivity index (χ1n) is 9.15. The number of nitrogens with two attached hydrogens (primary N) is 1. The van der Waals surface area contributed by atoms with Crippen LogP contribution >= 0.6 is 11.3 Å². The number of carbonyl (C=O) groups excluding carboxylic acids is 2. The third-order valence-electron chi connectivity index (χ3n) is 4.59. The number of aromatic hydroxyl groups is 1. The summed E-state index contributed by atoms with van der Waals surface area (Å²) in [4.78, 5) is 28.3. The van der Waals surface area contributed by atoms with Crippen molar-refractivity contribution in [3.05, 3.63) is 54.4 Å². The molecular weight excluding hydrogens is 390 g/mol. The lowest BCUT2D eigenvalue weighted by Crippen LogP contribution is -2.32. The van der Waals surface area contributed by atoms with Crippen LogP contribution in [0.4, 0.5) is 9.80 Å². The number of ether oxygens (including phenoxy) is 1. The molecule has 0 radical (unpaired) electrons. The second-order valence-electron chi connectivity index (χ2n) is 7.38. The first-order valence-corrected chi connectivity index (χ1v) is 9.97. The number of phenolic OH excluding ortho intramolecular Hbond substituents is 1. The third-order valence-corrected chi connectivity index (χ3v) is 5.59. The van der Waals surface area contributed by atoms with Gasteiger partial charge in [-0.1, -0.05) is 12.1 Å². The minimum Gasteiger partial charge on any atom is -0.508 e. The minimum absolute atomic E-state index is 0.127. The molecule has 0 bridgehead atoms. The summed E-state index contributed by atoms with van der Waals surface area (Å²) in [7, 11) is 0. The van der Waals surface area contributed by atoms with Crippen molar-refractivity contribution in [2.75, 3.05) is 5.32 Å². The summed E-state index contributed by atoms with van der Waals surface area (Å²) < 4.78 is 6.13. The Morgan fingerprint density at radius 1 is 1.28 bits per heavy atom. The lowest BCUT2D eigenvalue weighted by atomic mass is 9.89. The molecule has 0 saturated heterocycles. The van der Waals surface area contributed by atoms with E-state index in [0.29, 0.717) is 12.8 Å². The van der Waals surface area contributed by atoms with Crippen LogP contribution in [0.2, 0.25) is 0 Å². The molecule has 29 heavy (non-hydrogen) atoms. The number of anilines is 1. The van der Waals surface area contributed by atoms with Crippen LogP contribution in [0.25, 0.3) is 10.1 Å². The molecule has 3 aromatic rings. The summed E-state index contributed by atoms with van der Waals surface area (Å²) in [6.07, 6.45) is 3.49. The largest absolute Gasteiger partial charge is 0.508 e. The Labute approximate surface area is 172 Å². The summed E-state index contributed by atoms with van der Waals surface area (Å²) in [6, 6.07) is 10.3. The number of nitrogens with zero attached hydrogens (tertiary/aromatic N) is 1. The number of hydrogen-bond acceptors (Lipinski definition) is 6. The van der Waals surface area contributed by atoms with Crippen LogP contribution < -0.4 is 11.1 Å². The second-order valence-corrected chi connectivity index (χ2v) is 8.46. The van der Waals surface area contributed by atoms with Gasteiger partial charge < -0.3 is 20.9 Å². The smallest absolute Gasteiger partial charge is 0.405 e. The quantitative estimate of drug-likeness (QED) is 0.532. The molecule has 152 valence electrons. The number of benzene rings is 1. The Hall–Kier alpha value is -3.13. The summed E-state index contributed by atoms with van der Waals surface area (Å²) in [5.41, 5.74) is 5.10. The molecule has 8 heteroatoms. The van der Waals surface area contributed by atoms with Gasteiger partial charge in [0.25, 0.3) is 0 Å². The fourth-order valence-electron chi connectivity index (χ4n) is 3.13. The van der Waals surface area contributed by atoms with E-state index in [2.05, 4.69) is 10.3 Å². The molecular formula is C21H23N3O4S. The van der Waals surface area contributed by atoms with Crippen molar-refractivity contribution in [1.29, 1.82) is 0 Å². The Morgan fingerprint density at radius 3 is 2.66 bits per heavy atom. The third kappa shape index (κ3) is 5.45. The summed E-state index contributed by atoms with van der Waals surface area (Å²) in [5.74, 6) is -0.540. The summed E-state index contributed by atoms with van der Waals surface area (Å²) >= 11 is 1.45. The van der Waals surface area contributed by atoms with E-state index in [-0.39, 0.29) is 11.7 Å². The standard InChI is InChI=1S/C21H23N3O4S/c1-21(2,28-20(22)27)9-7-16(13-3-5-15(25)6-4-13)19(26)24-18-11-14-8-10-23-12-17(14)29-18/h3-6,8,10-12,16,25H,7,9H2,1-2H3,(H2,22,27)(H,24,26). The molecule has 2 aromatic heterocycles. The first-order chi connectivity index (χ1) is 13.7. The highest BCUT2D eigenvalue weighted by Gasteiger charge is 2.28. The molecule has 2 amide bonds. The van der Waals surface area contributed by atoms with Gasteiger partial charge in [0.15, 0.2) is 0 Å². The van der Waals surface area contributed by atoms with Gasteiger partial charge in [-0.2, -0.15) is 0 Å². The number of primary amides is 1. The van der Waals surface area contributed by atoms with Crippen molar-refractivity contribution in [1.82, 2.24) is 4.98 Å². The number of pyridine rings is 1. The average Bonchev–Trinajstić information content (AvgIpc) is 3.04. The fourth-order valence-corrected chi connectivity index (χ4v) is 4.06. The van der Waals surface area contributed by atoms with Crippen LogP contribution in [0, 0.1) is 0 Å². The zero-order valence-corrected chi connectivity index (χ0v) is 17.0. The maximum absolute atomic E-state index is 13.1. The first kappa shape index (κ1) is 20.6. The molecule has 3 rings (SSSR count). The van der Waals surface area contributed by atoms with Crippen molar-refractivity contribution < 1.29 is 19.4 Å². The van der Waals surface area contributed by atoms with E-state index >= 15 is 0 Å². The highest BCUT2D eigenvalue weighted by molar-refractivity contribution is 7.22. The molecule has 0 fully saturated rings. The fraction of sp³-hybridized carbons (Fsp3) is 0.286. The second kappa shape index (κ2) is 8.48. The molecule has 0 aliphatic heterocycles. The molecule has 1 atom stereocenters. The Kier molecular flexibility index (Phi) is 6.03. The number of phenols is 1. The van der Waals surface area contributed by atoms with Crippen molar-refractivity contribution in [3.63, 3.8) is 0 Å². The van der Waals surface area contributed by atoms with Crippen LogP contribution in [0.3, 0.4) is 0 Å². The Balaban J connectivity index is 1.80. The minimum atomic E-state index is -0.848. The normalized spacial score (nSPS) is 12.5. The van der Waals surface area contributed by atoms with E-state index < -0.39 is 17.6 Å². The van der Waals surface area contributed by atoms with Crippen LogP contribution in [0.1, 0.15) is 38.2 Å².